The fourth-order valence-electron chi connectivity index (χ4n) is 3.19. The standard InChI is InChI=1S/C21H34N4O3/c1-4-23-21(24-16-17-6-8-18(9-7-17)20(26)22-2)25-12-10-19(11-13-25)28-15-5-14-27-3/h6-9,19H,4-5,10-16H2,1-3H3,(H,22,26)(H,23,24). The number of nitrogens with one attached hydrogen (secondary N) is 2. The molecule has 0 aromatic heterocycles. The summed E-state index contributed by atoms with van der Waals surface area (Å²) in [5.74, 6) is 0.867. The van der Waals surface area contributed by atoms with E-state index in [1.807, 2.05) is 24.3 Å². The SMILES string of the molecule is CCNC(=NCc1ccc(C(=O)NC)cc1)N1CCC(OCCCOC)CC1. The number of rotatable bonds is 9. The lowest BCUT2D eigenvalue weighted by Crippen LogP contribution is -2.47. The molecule has 1 amide bonds. The minimum Gasteiger partial charge on any atom is -0.385 e. The monoisotopic (exact) mass is 390 g/mol. The molecule has 156 valence electrons. The quantitative estimate of drug-likeness (QED) is 0.383. The van der Waals surface area contributed by atoms with E-state index in [-0.39, 0.29) is 5.91 Å². The molecular formula is C21H34N4O3. The Balaban J connectivity index is 1.86. The molecule has 1 aliphatic heterocycles. The van der Waals surface area contributed by atoms with Crippen molar-refractivity contribution >= 4 is 11.9 Å². The van der Waals surface area contributed by atoms with Gasteiger partial charge in [0.05, 0.1) is 12.6 Å². The largest absolute Gasteiger partial charge is 0.385 e. The van der Waals surface area contributed by atoms with Gasteiger partial charge < -0.3 is 25.0 Å². The Morgan fingerprint density at radius 3 is 2.54 bits per heavy atom. The maximum atomic E-state index is 11.6. The minimum absolute atomic E-state index is 0.0734. The normalized spacial score (nSPS) is 15.5. The van der Waals surface area contributed by atoms with Crippen molar-refractivity contribution in [1.82, 2.24) is 15.5 Å². The van der Waals surface area contributed by atoms with E-state index in [2.05, 4.69) is 22.5 Å². The first-order valence-corrected chi connectivity index (χ1v) is 10.1. The molecule has 0 bridgehead atoms. The maximum Gasteiger partial charge on any atom is 0.251 e. The molecule has 28 heavy (non-hydrogen) atoms. The van der Waals surface area contributed by atoms with Crippen LogP contribution < -0.4 is 10.6 Å². The first-order chi connectivity index (χ1) is 13.7. The Bertz CT molecular complexity index is 611. The number of carbonyl (C=O) groups is 1. The molecule has 1 aromatic rings. The lowest BCUT2D eigenvalue weighted by Gasteiger charge is -2.34. The molecule has 0 saturated carbocycles. The van der Waals surface area contributed by atoms with Crippen molar-refractivity contribution in [3.8, 4) is 0 Å². The van der Waals surface area contributed by atoms with Crippen LogP contribution in [0.1, 0.15) is 42.1 Å². The number of piperidine rings is 1. The smallest absolute Gasteiger partial charge is 0.251 e. The predicted molar refractivity (Wildman–Crippen MR) is 112 cm³/mol. The average molecular weight is 391 g/mol. The summed E-state index contributed by atoms with van der Waals surface area (Å²) in [6, 6.07) is 7.58. The van der Waals surface area contributed by atoms with Crippen molar-refractivity contribution in [3.63, 3.8) is 0 Å². The van der Waals surface area contributed by atoms with Crippen LogP contribution in [0, 0.1) is 0 Å². The molecule has 2 rings (SSSR count). The lowest BCUT2D eigenvalue weighted by atomic mass is 10.1. The lowest BCUT2D eigenvalue weighted by molar-refractivity contribution is 0.00990. The third kappa shape index (κ3) is 7.13. The number of hydrogen-bond acceptors (Lipinski definition) is 4. The van der Waals surface area contributed by atoms with Crippen molar-refractivity contribution in [3.05, 3.63) is 35.4 Å². The van der Waals surface area contributed by atoms with Gasteiger partial charge in [-0.3, -0.25) is 4.79 Å². The van der Waals surface area contributed by atoms with Gasteiger partial charge in [0.2, 0.25) is 0 Å². The van der Waals surface area contributed by atoms with Crippen LogP contribution in [-0.4, -0.2) is 69.9 Å². The van der Waals surface area contributed by atoms with Crippen molar-refractivity contribution in [2.75, 3.05) is 47.0 Å². The van der Waals surface area contributed by atoms with Crippen LogP contribution in [0.3, 0.4) is 0 Å². The fourth-order valence-corrected chi connectivity index (χ4v) is 3.19. The first kappa shape index (κ1) is 22.2. The van der Waals surface area contributed by atoms with Crippen LogP contribution in [0.15, 0.2) is 29.3 Å². The van der Waals surface area contributed by atoms with E-state index in [9.17, 15) is 4.79 Å². The van der Waals surface area contributed by atoms with Gasteiger partial charge in [-0.15, -0.1) is 0 Å². The zero-order valence-electron chi connectivity index (χ0n) is 17.4. The Morgan fingerprint density at radius 2 is 1.93 bits per heavy atom. The Kier molecular flexibility index (Phi) is 9.79. The van der Waals surface area contributed by atoms with Crippen LogP contribution in [0.2, 0.25) is 0 Å². The first-order valence-electron chi connectivity index (χ1n) is 10.1. The van der Waals surface area contributed by atoms with E-state index < -0.39 is 0 Å². The van der Waals surface area contributed by atoms with Gasteiger partial charge in [-0.05, 0) is 43.9 Å². The number of benzene rings is 1. The zero-order chi connectivity index (χ0) is 20.2. The number of nitrogens with zero attached hydrogens (tertiary/aromatic N) is 2. The summed E-state index contributed by atoms with van der Waals surface area (Å²) in [7, 11) is 3.35. The summed E-state index contributed by atoms with van der Waals surface area (Å²) in [6.07, 6.45) is 3.30. The van der Waals surface area contributed by atoms with Crippen LogP contribution >= 0.6 is 0 Å². The van der Waals surface area contributed by atoms with Crippen molar-refractivity contribution in [2.24, 2.45) is 4.99 Å². The molecule has 1 heterocycles. The van der Waals surface area contributed by atoms with Gasteiger partial charge in [-0.1, -0.05) is 12.1 Å². The topological polar surface area (TPSA) is 75.2 Å². The van der Waals surface area contributed by atoms with Crippen LogP contribution in [0.5, 0.6) is 0 Å². The van der Waals surface area contributed by atoms with E-state index in [0.29, 0.717) is 18.2 Å². The summed E-state index contributed by atoms with van der Waals surface area (Å²) in [5, 5.41) is 6.02. The Hall–Kier alpha value is -2.12. The molecule has 0 aliphatic carbocycles. The highest BCUT2D eigenvalue weighted by atomic mass is 16.5. The van der Waals surface area contributed by atoms with Crippen molar-refractivity contribution < 1.29 is 14.3 Å². The molecule has 0 radical (unpaired) electrons. The number of aliphatic imine (C=N–C) groups is 1. The van der Waals surface area contributed by atoms with Gasteiger partial charge in [0.1, 0.15) is 0 Å². The number of carbonyl (C=O) groups excluding carboxylic acids is 1. The second-order valence-electron chi connectivity index (χ2n) is 6.85. The van der Waals surface area contributed by atoms with E-state index in [0.717, 1.165) is 63.6 Å². The van der Waals surface area contributed by atoms with E-state index in [1.54, 1.807) is 14.2 Å². The second kappa shape index (κ2) is 12.4. The van der Waals surface area contributed by atoms with Crippen molar-refractivity contribution in [1.29, 1.82) is 0 Å². The number of amides is 1. The third-order valence-corrected chi connectivity index (χ3v) is 4.78. The fraction of sp³-hybridized carbons (Fsp3) is 0.619. The van der Waals surface area contributed by atoms with Gasteiger partial charge in [-0.2, -0.15) is 0 Å². The van der Waals surface area contributed by atoms with Gasteiger partial charge in [-0.25, -0.2) is 4.99 Å². The van der Waals surface area contributed by atoms with Gasteiger partial charge in [0.25, 0.3) is 5.91 Å². The van der Waals surface area contributed by atoms with E-state index in [1.165, 1.54) is 0 Å². The maximum absolute atomic E-state index is 11.6. The van der Waals surface area contributed by atoms with Gasteiger partial charge in [0, 0.05) is 52.6 Å². The van der Waals surface area contributed by atoms with Crippen LogP contribution in [-0.2, 0) is 16.0 Å². The number of hydrogen-bond donors (Lipinski definition) is 2. The molecule has 7 nitrogen and oxygen atoms in total. The van der Waals surface area contributed by atoms with Crippen LogP contribution in [0.4, 0.5) is 0 Å². The Morgan fingerprint density at radius 1 is 1.21 bits per heavy atom. The highest BCUT2D eigenvalue weighted by molar-refractivity contribution is 5.93. The van der Waals surface area contributed by atoms with Gasteiger partial charge in [0.15, 0.2) is 5.96 Å². The Labute approximate surface area is 168 Å². The van der Waals surface area contributed by atoms with E-state index in [4.69, 9.17) is 14.5 Å². The molecule has 0 unspecified atom stereocenters. The van der Waals surface area contributed by atoms with Crippen molar-refractivity contribution in [2.45, 2.75) is 38.8 Å². The summed E-state index contributed by atoms with van der Waals surface area (Å²) < 4.78 is 11.0. The van der Waals surface area contributed by atoms with Gasteiger partial charge >= 0.3 is 0 Å². The molecule has 7 heteroatoms. The summed E-state index contributed by atoms with van der Waals surface area (Å²) in [6.45, 7) is 6.90. The molecule has 0 spiro atoms. The number of likely N-dealkylation sites (tertiary alicyclic amines) is 1. The molecular weight excluding hydrogens is 356 g/mol. The molecule has 0 atom stereocenters. The zero-order valence-corrected chi connectivity index (χ0v) is 17.4. The summed E-state index contributed by atoms with van der Waals surface area (Å²) in [4.78, 5) is 18.7. The molecule has 1 aromatic carbocycles. The predicted octanol–water partition coefficient (Wildman–Crippen LogP) is 2.03. The highest BCUT2D eigenvalue weighted by Gasteiger charge is 2.21. The third-order valence-electron chi connectivity index (χ3n) is 4.78. The number of guanidine groups is 1. The summed E-state index contributed by atoms with van der Waals surface area (Å²) >= 11 is 0. The molecule has 2 N–H and O–H groups in total. The highest BCUT2D eigenvalue weighted by Crippen LogP contribution is 2.15. The summed E-state index contributed by atoms with van der Waals surface area (Å²) in [5.41, 5.74) is 1.74. The number of ether oxygens (including phenoxy) is 2. The second-order valence-corrected chi connectivity index (χ2v) is 6.85. The molecule has 1 fully saturated rings. The minimum atomic E-state index is -0.0734. The molecule has 1 aliphatic rings. The number of methoxy groups -OCH3 is 1. The average Bonchev–Trinajstić information content (AvgIpc) is 2.74. The van der Waals surface area contributed by atoms with Crippen LogP contribution in [0.25, 0.3) is 0 Å². The molecule has 1 saturated heterocycles. The van der Waals surface area contributed by atoms with E-state index >= 15 is 0 Å².